The number of aryl methyl sites for hydroxylation is 1. The van der Waals surface area contributed by atoms with Crippen molar-refractivity contribution in [2.24, 2.45) is 0 Å². The summed E-state index contributed by atoms with van der Waals surface area (Å²) >= 11 is 0. The third-order valence-corrected chi connectivity index (χ3v) is 2.62. The number of ether oxygens (including phenoxy) is 1. The van der Waals surface area contributed by atoms with Crippen LogP contribution in [0.2, 0.25) is 0 Å². The van der Waals surface area contributed by atoms with Crippen LogP contribution in [0.5, 0.6) is 5.75 Å². The van der Waals surface area contributed by atoms with Crippen LogP contribution in [0.3, 0.4) is 0 Å². The second-order valence-electron chi connectivity index (χ2n) is 3.31. The molecule has 0 amide bonds. The molecule has 1 N–H and O–H groups in total. The zero-order valence-corrected chi connectivity index (χ0v) is 8.18. The van der Waals surface area contributed by atoms with Crippen molar-refractivity contribution in [2.45, 2.75) is 19.8 Å². The second-order valence-corrected chi connectivity index (χ2v) is 3.31. The van der Waals surface area contributed by atoms with Crippen LogP contribution in [-0.2, 0) is 12.8 Å². The van der Waals surface area contributed by atoms with Gasteiger partial charge in [-0.15, -0.1) is 0 Å². The standard InChI is InChI=1S/C11H15NO/c1-3-8-4-5-10-9(6-7-12-10)11(8)13-2/h4-5,12H,3,6-7H2,1-2H3. The van der Waals surface area contributed by atoms with Gasteiger partial charge in [-0.2, -0.15) is 0 Å². The molecule has 0 atom stereocenters. The highest BCUT2D eigenvalue weighted by atomic mass is 16.5. The summed E-state index contributed by atoms with van der Waals surface area (Å²) in [7, 11) is 1.76. The molecule has 13 heavy (non-hydrogen) atoms. The van der Waals surface area contributed by atoms with Crippen LogP contribution in [0.4, 0.5) is 5.69 Å². The van der Waals surface area contributed by atoms with Crippen LogP contribution >= 0.6 is 0 Å². The first kappa shape index (κ1) is 8.42. The Bertz CT molecular complexity index is 320. The lowest BCUT2D eigenvalue weighted by Crippen LogP contribution is -1.94. The molecule has 0 aromatic heterocycles. The monoisotopic (exact) mass is 177 g/mol. The summed E-state index contributed by atoms with van der Waals surface area (Å²) in [6, 6.07) is 4.31. The molecule has 0 fully saturated rings. The summed E-state index contributed by atoms with van der Waals surface area (Å²) in [6.45, 7) is 3.20. The van der Waals surface area contributed by atoms with Gasteiger partial charge in [-0.3, -0.25) is 0 Å². The molecule has 1 heterocycles. The number of rotatable bonds is 2. The van der Waals surface area contributed by atoms with Gasteiger partial charge in [0, 0.05) is 17.8 Å². The van der Waals surface area contributed by atoms with Crippen molar-refractivity contribution >= 4 is 5.69 Å². The van der Waals surface area contributed by atoms with Gasteiger partial charge in [0.05, 0.1) is 7.11 Å². The molecule has 0 unspecified atom stereocenters. The van der Waals surface area contributed by atoms with Crippen LogP contribution in [0.15, 0.2) is 12.1 Å². The predicted octanol–water partition coefficient (Wildman–Crippen LogP) is 2.23. The van der Waals surface area contributed by atoms with Crippen LogP contribution in [0, 0.1) is 0 Å². The molecule has 0 spiro atoms. The number of hydrogen-bond donors (Lipinski definition) is 1. The van der Waals surface area contributed by atoms with E-state index in [1.807, 2.05) is 0 Å². The van der Waals surface area contributed by atoms with Crippen molar-refractivity contribution in [3.63, 3.8) is 0 Å². The van der Waals surface area contributed by atoms with E-state index in [9.17, 15) is 0 Å². The topological polar surface area (TPSA) is 21.3 Å². The molecule has 0 bridgehead atoms. The highest BCUT2D eigenvalue weighted by molar-refractivity contribution is 5.63. The van der Waals surface area contributed by atoms with Crippen LogP contribution in [-0.4, -0.2) is 13.7 Å². The van der Waals surface area contributed by atoms with E-state index in [0.29, 0.717) is 0 Å². The van der Waals surface area contributed by atoms with Gasteiger partial charge in [0.15, 0.2) is 0 Å². The van der Waals surface area contributed by atoms with Crippen molar-refractivity contribution < 1.29 is 4.74 Å². The van der Waals surface area contributed by atoms with Crippen molar-refractivity contribution in [1.82, 2.24) is 0 Å². The summed E-state index contributed by atoms with van der Waals surface area (Å²) in [5, 5.41) is 3.35. The summed E-state index contributed by atoms with van der Waals surface area (Å²) < 4.78 is 5.44. The van der Waals surface area contributed by atoms with Gasteiger partial charge in [-0.25, -0.2) is 0 Å². The first-order chi connectivity index (χ1) is 6.36. The lowest BCUT2D eigenvalue weighted by Gasteiger charge is -2.11. The number of nitrogens with one attached hydrogen (secondary N) is 1. The lowest BCUT2D eigenvalue weighted by molar-refractivity contribution is 0.406. The molecule has 2 heteroatoms. The Labute approximate surface area is 78.9 Å². The minimum absolute atomic E-state index is 1.04. The van der Waals surface area contributed by atoms with Gasteiger partial charge < -0.3 is 10.1 Å². The molecule has 70 valence electrons. The molecule has 0 aliphatic carbocycles. The Morgan fingerprint density at radius 1 is 1.46 bits per heavy atom. The maximum absolute atomic E-state index is 5.44. The van der Waals surface area contributed by atoms with E-state index in [1.54, 1.807) is 7.11 Å². The first-order valence-electron chi connectivity index (χ1n) is 4.79. The Balaban J connectivity index is 2.53. The van der Waals surface area contributed by atoms with E-state index in [1.165, 1.54) is 16.8 Å². The molecule has 1 aromatic carbocycles. The van der Waals surface area contributed by atoms with Gasteiger partial charge >= 0.3 is 0 Å². The fraction of sp³-hybridized carbons (Fsp3) is 0.455. The average molecular weight is 177 g/mol. The number of fused-ring (bicyclic) bond motifs is 1. The highest BCUT2D eigenvalue weighted by Gasteiger charge is 2.16. The Morgan fingerprint density at radius 3 is 3.00 bits per heavy atom. The molecule has 0 radical (unpaired) electrons. The van der Waals surface area contributed by atoms with E-state index in [0.717, 1.165) is 25.1 Å². The van der Waals surface area contributed by atoms with E-state index >= 15 is 0 Å². The highest BCUT2D eigenvalue weighted by Crippen LogP contribution is 2.34. The van der Waals surface area contributed by atoms with E-state index in [2.05, 4.69) is 24.4 Å². The summed E-state index contributed by atoms with van der Waals surface area (Å²) in [5.74, 6) is 1.09. The average Bonchev–Trinajstić information content (AvgIpc) is 2.63. The normalized spacial score (nSPS) is 13.7. The maximum atomic E-state index is 5.44. The van der Waals surface area contributed by atoms with Crippen molar-refractivity contribution in [3.05, 3.63) is 23.3 Å². The van der Waals surface area contributed by atoms with Crippen LogP contribution < -0.4 is 10.1 Å². The number of anilines is 1. The third-order valence-electron chi connectivity index (χ3n) is 2.62. The number of benzene rings is 1. The first-order valence-corrected chi connectivity index (χ1v) is 4.79. The van der Waals surface area contributed by atoms with Crippen molar-refractivity contribution in [1.29, 1.82) is 0 Å². The zero-order valence-electron chi connectivity index (χ0n) is 8.18. The van der Waals surface area contributed by atoms with Gasteiger partial charge in [0.1, 0.15) is 5.75 Å². The van der Waals surface area contributed by atoms with E-state index in [4.69, 9.17) is 4.74 Å². The van der Waals surface area contributed by atoms with Gasteiger partial charge in [0.25, 0.3) is 0 Å². The fourth-order valence-electron chi connectivity index (χ4n) is 1.95. The Morgan fingerprint density at radius 2 is 2.31 bits per heavy atom. The molecule has 1 aliphatic rings. The fourth-order valence-corrected chi connectivity index (χ4v) is 1.95. The third kappa shape index (κ3) is 1.26. The van der Waals surface area contributed by atoms with Crippen molar-refractivity contribution in [3.8, 4) is 5.75 Å². The van der Waals surface area contributed by atoms with E-state index in [-0.39, 0.29) is 0 Å². The Hall–Kier alpha value is -1.18. The number of methoxy groups -OCH3 is 1. The quantitative estimate of drug-likeness (QED) is 0.748. The van der Waals surface area contributed by atoms with Crippen LogP contribution in [0.1, 0.15) is 18.1 Å². The molecule has 2 nitrogen and oxygen atoms in total. The molecule has 2 rings (SSSR count). The second kappa shape index (κ2) is 3.29. The van der Waals surface area contributed by atoms with Crippen LogP contribution in [0.25, 0.3) is 0 Å². The largest absolute Gasteiger partial charge is 0.496 e. The molecule has 1 aromatic rings. The Kier molecular flexibility index (Phi) is 2.13. The number of hydrogen-bond acceptors (Lipinski definition) is 2. The van der Waals surface area contributed by atoms with Gasteiger partial charge in [0.2, 0.25) is 0 Å². The molecule has 0 saturated carbocycles. The molecular weight excluding hydrogens is 162 g/mol. The summed E-state index contributed by atoms with van der Waals surface area (Å²) in [5.41, 5.74) is 3.90. The van der Waals surface area contributed by atoms with Gasteiger partial charge in [-0.05, 0) is 24.5 Å². The predicted molar refractivity (Wildman–Crippen MR) is 54.6 cm³/mol. The van der Waals surface area contributed by atoms with Crippen molar-refractivity contribution in [2.75, 3.05) is 19.0 Å². The summed E-state index contributed by atoms with van der Waals surface area (Å²) in [4.78, 5) is 0. The molecule has 1 aliphatic heterocycles. The summed E-state index contributed by atoms with van der Waals surface area (Å²) in [6.07, 6.45) is 2.13. The minimum Gasteiger partial charge on any atom is -0.496 e. The van der Waals surface area contributed by atoms with E-state index < -0.39 is 0 Å². The smallest absolute Gasteiger partial charge is 0.127 e. The molecular formula is C11H15NO. The van der Waals surface area contributed by atoms with Gasteiger partial charge in [-0.1, -0.05) is 13.0 Å². The lowest BCUT2D eigenvalue weighted by atomic mass is 10.0. The minimum atomic E-state index is 1.04. The molecule has 0 saturated heterocycles. The SMILES string of the molecule is CCc1ccc2c(c1OC)CCN2. The zero-order chi connectivity index (χ0) is 9.26. The maximum Gasteiger partial charge on any atom is 0.127 e.